The van der Waals surface area contributed by atoms with Crippen molar-refractivity contribution in [1.29, 1.82) is 5.26 Å². The molecule has 0 amide bonds. The summed E-state index contributed by atoms with van der Waals surface area (Å²) in [5.41, 5.74) is 1.05. The highest BCUT2D eigenvalue weighted by molar-refractivity contribution is 6.74. The van der Waals surface area contributed by atoms with Crippen LogP contribution in [-0.2, 0) is 14.0 Å². The van der Waals surface area contributed by atoms with Crippen molar-refractivity contribution >= 4 is 14.3 Å². The molecule has 156 valence electrons. The quantitative estimate of drug-likeness (QED) is 0.515. The topological polar surface area (TPSA) is 71.3 Å². The van der Waals surface area contributed by atoms with Crippen molar-refractivity contribution in [2.45, 2.75) is 84.3 Å². The first-order chi connectivity index (χ1) is 12.7. The van der Waals surface area contributed by atoms with Gasteiger partial charge in [-0.15, -0.1) is 0 Å². The van der Waals surface area contributed by atoms with E-state index in [1.54, 1.807) is 19.1 Å². The summed E-state index contributed by atoms with van der Waals surface area (Å²) in [5.74, 6) is -0.293. The van der Waals surface area contributed by atoms with Crippen LogP contribution in [0.4, 0.5) is 0 Å². The summed E-state index contributed by atoms with van der Waals surface area (Å²) in [4.78, 5) is 12.4. The molecule has 1 aromatic carbocycles. The Morgan fingerprint density at radius 2 is 1.68 bits per heavy atom. The average Bonchev–Trinajstić information content (AvgIpc) is 2.56. The Hall–Kier alpha value is -1.68. The van der Waals surface area contributed by atoms with E-state index in [9.17, 15) is 4.79 Å². The molecule has 0 spiro atoms. The second-order valence-corrected chi connectivity index (χ2v) is 14.6. The number of nitrogens with zero attached hydrogens (tertiary/aromatic N) is 1. The third-order valence-electron chi connectivity index (χ3n) is 5.07. The Morgan fingerprint density at radius 1 is 1.14 bits per heavy atom. The Morgan fingerprint density at radius 3 is 2.11 bits per heavy atom. The number of benzene rings is 1. The predicted molar refractivity (Wildman–Crippen MR) is 115 cm³/mol. The normalized spacial score (nSPS) is 14.9. The Kier molecular flexibility index (Phi) is 8.01. The van der Waals surface area contributed by atoms with Crippen LogP contribution in [0.2, 0.25) is 18.1 Å². The standard InChI is InChI=1S/C22H36N2O3Si/c1-16(20(25)27-21(2,3)4)24-19(15-26-28(8,9)22(5,6)7)18-12-10-17(14-23)11-13-18/h10-13,16,19,24H,15H2,1-9H3/t16-,19+/m1/s1. The van der Waals surface area contributed by atoms with Gasteiger partial charge in [0.1, 0.15) is 11.6 Å². The maximum atomic E-state index is 12.4. The van der Waals surface area contributed by atoms with Crippen LogP contribution in [0.1, 0.15) is 65.6 Å². The number of hydrogen-bond donors (Lipinski definition) is 1. The Balaban J connectivity index is 3.01. The summed E-state index contributed by atoms with van der Waals surface area (Å²) < 4.78 is 11.9. The van der Waals surface area contributed by atoms with Crippen molar-refractivity contribution in [2.75, 3.05) is 6.61 Å². The van der Waals surface area contributed by atoms with Crippen LogP contribution in [0.25, 0.3) is 0 Å². The van der Waals surface area contributed by atoms with Gasteiger partial charge in [-0.05, 0) is 63.5 Å². The maximum absolute atomic E-state index is 12.4. The van der Waals surface area contributed by atoms with Crippen molar-refractivity contribution < 1.29 is 14.0 Å². The number of esters is 1. The Labute approximate surface area is 171 Å². The molecule has 0 saturated carbocycles. The molecular formula is C22H36N2O3Si. The SMILES string of the molecule is C[C@@H](N[C@@H](CO[Si](C)(C)C(C)(C)C)c1ccc(C#N)cc1)C(=O)OC(C)(C)C. The molecule has 1 rings (SSSR count). The van der Waals surface area contributed by atoms with Crippen LogP contribution in [0.3, 0.4) is 0 Å². The van der Waals surface area contributed by atoms with Crippen molar-refractivity contribution in [3.63, 3.8) is 0 Å². The zero-order valence-corrected chi connectivity index (χ0v) is 19.8. The van der Waals surface area contributed by atoms with Gasteiger partial charge in [0.2, 0.25) is 0 Å². The highest BCUT2D eigenvalue weighted by Crippen LogP contribution is 2.37. The van der Waals surface area contributed by atoms with Gasteiger partial charge in [0.25, 0.3) is 0 Å². The number of nitriles is 1. The minimum absolute atomic E-state index is 0.0962. The lowest BCUT2D eigenvalue weighted by atomic mass is 10.0. The van der Waals surface area contributed by atoms with E-state index in [4.69, 9.17) is 14.4 Å². The fraction of sp³-hybridized carbons (Fsp3) is 0.636. The van der Waals surface area contributed by atoms with Gasteiger partial charge in [-0.3, -0.25) is 10.1 Å². The molecule has 2 atom stereocenters. The van der Waals surface area contributed by atoms with Gasteiger partial charge in [0.15, 0.2) is 8.32 Å². The molecule has 0 heterocycles. The van der Waals surface area contributed by atoms with Gasteiger partial charge >= 0.3 is 5.97 Å². The van der Waals surface area contributed by atoms with Gasteiger partial charge in [-0.2, -0.15) is 5.26 Å². The molecule has 28 heavy (non-hydrogen) atoms. The zero-order chi connectivity index (χ0) is 21.8. The summed E-state index contributed by atoms with van der Waals surface area (Å²) in [7, 11) is -1.94. The minimum Gasteiger partial charge on any atom is -0.459 e. The van der Waals surface area contributed by atoms with Gasteiger partial charge < -0.3 is 9.16 Å². The minimum atomic E-state index is -1.94. The van der Waals surface area contributed by atoms with Gasteiger partial charge in [0, 0.05) is 0 Å². The van der Waals surface area contributed by atoms with E-state index in [0.717, 1.165) is 5.56 Å². The van der Waals surface area contributed by atoms with E-state index in [1.165, 1.54) is 0 Å². The molecule has 0 fully saturated rings. The first-order valence-electron chi connectivity index (χ1n) is 9.79. The van der Waals surface area contributed by atoms with E-state index >= 15 is 0 Å². The Bertz CT molecular complexity index is 694. The molecule has 1 N–H and O–H groups in total. The fourth-order valence-electron chi connectivity index (χ4n) is 2.30. The lowest BCUT2D eigenvalue weighted by Crippen LogP contribution is -2.46. The summed E-state index contributed by atoms with van der Waals surface area (Å²) in [6.07, 6.45) is 0. The van der Waals surface area contributed by atoms with Gasteiger partial charge in [-0.25, -0.2) is 0 Å². The second kappa shape index (κ2) is 9.21. The highest BCUT2D eigenvalue weighted by Gasteiger charge is 2.38. The van der Waals surface area contributed by atoms with E-state index in [-0.39, 0.29) is 17.0 Å². The second-order valence-electron chi connectivity index (χ2n) is 9.78. The van der Waals surface area contributed by atoms with Crippen LogP contribution >= 0.6 is 0 Å². The molecule has 0 aliphatic rings. The third-order valence-corrected chi connectivity index (χ3v) is 9.57. The number of carbonyl (C=O) groups excluding carboxylic acids is 1. The lowest BCUT2D eigenvalue weighted by molar-refractivity contribution is -0.157. The molecule has 0 bridgehead atoms. The molecule has 6 heteroatoms. The van der Waals surface area contributed by atoms with Crippen molar-refractivity contribution in [2.24, 2.45) is 0 Å². The predicted octanol–water partition coefficient (Wildman–Crippen LogP) is 4.94. The molecule has 0 aromatic heterocycles. The number of nitrogens with one attached hydrogen (secondary N) is 1. The molecule has 5 nitrogen and oxygen atoms in total. The average molecular weight is 405 g/mol. The van der Waals surface area contributed by atoms with E-state index in [1.807, 2.05) is 32.9 Å². The highest BCUT2D eigenvalue weighted by atomic mass is 28.4. The summed E-state index contributed by atoms with van der Waals surface area (Å²) in [6, 6.07) is 8.87. The fourth-order valence-corrected chi connectivity index (χ4v) is 3.32. The monoisotopic (exact) mass is 404 g/mol. The number of carbonyl (C=O) groups is 1. The maximum Gasteiger partial charge on any atom is 0.323 e. The smallest absolute Gasteiger partial charge is 0.323 e. The third kappa shape index (κ3) is 7.38. The van der Waals surface area contributed by atoms with Crippen LogP contribution in [-0.4, -0.2) is 32.5 Å². The first kappa shape index (κ1) is 24.4. The number of ether oxygens (including phenoxy) is 1. The number of hydrogen-bond acceptors (Lipinski definition) is 5. The summed E-state index contributed by atoms with van der Waals surface area (Å²) >= 11 is 0. The van der Waals surface area contributed by atoms with Crippen LogP contribution in [0, 0.1) is 11.3 Å². The number of rotatable bonds is 7. The molecule has 0 unspecified atom stereocenters. The van der Waals surface area contributed by atoms with Crippen molar-refractivity contribution in [1.82, 2.24) is 5.32 Å². The van der Waals surface area contributed by atoms with Gasteiger partial charge in [-0.1, -0.05) is 32.9 Å². The largest absolute Gasteiger partial charge is 0.459 e. The molecule has 0 aliphatic heterocycles. The molecule has 0 aliphatic carbocycles. The molecule has 0 saturated heterocycles. The van der Waals surface area contributed by atoms with Crippen LogP contribution < -0.4 is 5.32 Å². The summed E-state index contributed by atoms with van der Waals surface area (Å²) in [6.45, 7) is 18.8. The van der Waals surface area contributed by atoms with E-state index in [2.05, 4.69) is 45.3 Å². The first-order valence-corrected chi connectivity index (χ1v) is 12.7. The van der Waals surface area contributed by atoms with Crippen molar-refractivity contribution in [3.8, 4) is 6.07 Å². The molecular weight excluding hydrogens is 368 g/mol. The molecule has 1 aromatic rings. The lowest BCUT2D eigenvalue weighted by Gasteiger charge is -2.37. The van der Waals surface area contributed by atoms with E-state index < -0.39 is 20.0 Å². The van der Waals surface area contributed by atoms with Crippen LogP contribution in [0.5, 0.6) is 0 Å². The van der Waals surface area contributed by atoms with Gasteiger partial charge in [0.05, 0.1) is 24.3 Å². The molecule has 0 radical (unpaired) electrons. The van der Waals surface area contributed by atoms with E-state index in [0.29, 0.717) is 12.2 Å². The summed E-state index contributed by atoms with van der Waals surface area (Å²) in [5, 5.41) is 12.5. The van der Waals surface area contributed by atoms with Crippen molar-refractivity contribution in [3.05, 3.63) is 35.4 Å². The zero-order valence-electron chi connectivity index (χ0n) is 18.8. The van der Waals surface area contributed by atoms with Crippen LogP contribution in [0.15, 0.2) is 24.3 Å².